The van der Waals surface area contributed by atoms with Gasteiger partial charge in [-0.1, -0.05) is 6.07 Å². The number of carbonyl (C=O) groups is 1. The van der Waals surface area contributed by atoms with Gasteiger partial charge in [0.05, 0.1) is 25.2 Å². The lowest BCUT2D eigenvalue weighted by Crippen LogP contribution is -2.14. The molecular weight excluding hydrogens is 342 g/mol. The van der Waals surface area contributed by atoms with Gasteiger partial charge in [-0.25, -0.2) is 18.7 Å². The fourth-order valence-electron chi connectivity index (χ4n) is 2.13. The van der Waals surface area contributed by atoms with Crippen LogP contribution in [0.4, 0.5) is 26.0 Å². The number of anilines is 3. The van der Waals surface area contributed by atoms with Gasteiger partial charge in [-0.05, 0) is 24.3 Å². The Morgan fingerprint density at radius 2 is 1.92 bits per heavy atom. The van der Waals surface area contributed by atoms with Crippen molar-refractivity contribution in [1.82, 2.24) is 9.97 Å². The molecule has 1 heterocycles. The fraction of sp³-hybridized carbons (Fsp3) is 0.0556. The van der Waals surface area contributed by atoms with Gasteiger partial charge in [0.15, 0.2) is 0 Å². The number of nitrogens with one attached hydrogen (secondary N) is 2. The molecule has 0 saturated carbocycles. The van der Waals surface area contributed by atoms with Crippen LogP contribution < -0.4 is 15.4 Å². The van der Waals surface area contributed by atoms with Crippen LogP contribution in [0.15, 0.2) is 54.9 Å². The number of aromatic nitrogens is 2. The molecule has 8 heteroatoms. The van der Waals surface area contributed by atoms with E-state index in [-0.39, 0.29) is 17.2 Å². The van der Waals surface area contributed by atoms with E-state index in [1.165, 1.54) is 25.6 Å². The quantitative estimate of drug-likeness (QED) is 0.728. The van der Waals surface area contributed by atoms with Gasteiger partial charge in [0, 0.05) is 17.8 Å². The maximum Gasteiger partial charge on any atom is 0.275 e. The van der Waals surface area contributed by atoms with Crippen LogP contribution >= 0.6 is 0 Å². The minimum Gasteiger partial charge on any atom is -0.497 e. The number of nitrogens with zero attached hydrogens (tertiary/aromatic N) is 2. The van der Waals surface area contributed by atoms with E-state index in [0.717, 1.165) is 12.1 Å². The Kier molecular flexibility index (Phi) is 5.02. The highest BCUT2D eigenvalue weighted by atomic mass is 19.1. The van der Waals surface area contributed by atoms with Gasteiger partial charge in [0.2, 0.25) is 0 Å². The van der Waals surface area contributed by atoms with E-state index in [9.17, 15) is 13.6 Å². The van der Waals surface area contributed by atoms with Gasteiger partial charge in [-0.15, -0.1) is 0 Å². The predicted octanol–water partition coefficient (Wildman–Crippen LogP) is 3.76. The number of amides is 1. The fourth-order valence-corrected chi connectivity index (χ4v) is 2.13. The lowest BCUT2D eigenvalue weighted by Gasteiger charge is -2.08. The summed E-state index contributed by atoms with van der Waals surface area (Å²) in [6.45, 7) is 0. The second-order valence-electron chi connectivity index (χ2n) is 5.22. The summed E-state index contributed by atoms with van der Waals surface area (Å²) in [7, 11) is 1.53. The van der Waals surface area contributed by atoms with Gasteiger partial charge in [0.25, 0.3) is 5.91 Å². The van der Waals surface area contributed by atoms with Crippen LogP contribution in [0.2, 0.25) is 0 Å². The molecule has 1 aromatic heterocycles. The molecule has 0 aliphatic carbocycles. The van der Waals surface area contributed by atoms with Crippen LogP contribution in [0.3, 0.4) is 0 Å². The van der Waals surface area contributed by atoms with Crippen molar-refractivity contribution in [2.24, 2.45) is 0 Å². The Bertz CT molecular complexity index is 933. The normalized spacial score (nSPS) is 10.3. The number of rotatable bonds is 5. The Morgan fingerprint density at radius 1 is 1.08 bits per heavy atom. The Hall–Kier alpha value is -3.55. The number of hydrogen-bond donors (Lipinski definition) is 2. The summed E-state index contributed by atoms with van der Waals surface area (Å²) >= 11 is 0. The molecule has 6 nitrogen and oxygen atoms in total. The molecule has 0 fully saturated rings. The molecule has 0 aliphatic rings. The van der Waals surface area contributed by atoms with Gasteiger partial charge in [-0.2, -0.15) is 0 Å². The van der Waals surface area contributed by atoms with Crippen LogP contribution in [0, 0.1) is 11.6 Å². The van der Waals surface area contributed by atoms with Crippen molar-refractivity contribution in [3.05, 3.63) is 72.2 Å². The summed E-state index contributed by atoms with van der Waals surface area (Å²) in [5, 5.41) is 5.34. The highest BCUT2D eigenvalue weighted by molar-refractivity contribution is 6.02. The molecule has 3 rings (SSSR count). The van der Waals surface area contributed by atoms with E-state index in [1.54, 1.807) is 24.3 Å². The second-order valence-corrected chi connectivity index (χ2v) is 5.22. The lowest BCUT2D eigenvalue weighted by molar-refractivity contribution is 0.102. The first-order valence-corrected chi connectivity index (χ1v) is 7.54. The summed E-state index contributed by atoms with van der Waals surface area (Å²) in [5.41, 5.74) is 0.680. The minimum atomic E-state index is -0.758. The number of benzene rings is 2. The third-order valence-corrected chi connectivity index (χ3v) is 3.41. The van der Waals surface area contributed by atoms with E-state index in [2.05, 4.69) is 20.6 Å². The summed E-state index contributed by atoms with van der Waals surface area (Å²) in [6.07, 6.45) is 2.53. The third-order valence-electron chi connectivity index (χ3n) is 3.41. The zero-order valence-electron chi connectivity index (χ0n) is 13.7. The standard InChI is InChI=1S/C18H14F2N4O2/c1-26-13-4-2-3-12(8-13)23-18(25)16-9-22-17(10-21-16)24-15-6-5-11(19)7-14(15)20/h2-10H,1H3,(H,22,24)(H,23,25). The molecule has 2 aromatic carbocycles. The molecule has 0 aliphatic heterocycles. The third kappa shape index (κ3) is 4.10. The number of carbonyl (C=O) groups excluding carboxylic acids is 1. The van der Waals surface area contributed by atoms with Crippen molar-refractivity contribution in [2.45, 2.75) is 0 Å². The Balaban J connectivity index is 1.69. The predicted molar refractivity (Wildman–Crippen MR) is 92.6 cm³/mol. The monoisotopic (exact) mass is 356 g/mol. The Morgan fingerprint density at radius 3 is 2.62 bits per heavy atom. The average Bonchev–Trinajstić information content (AvgIpc) is 2.64. The van der Waals surface area contributed by atoms with Gasteiger partial charge in [-0.3, -0.25) is 4.79 Å². The largest absolute Gasteiger partial charge is 0.497 e. The van der Waals surface area contributed by atoms with Crippen LogP contribution in [0.25, 0.3) is 0 Å². The molecule has 3 aromatic rings. The molecule has 0 spiro atoms. The molecule has 1 amide bonds. The van der Waals surface area contributed by atoms with Crippen molar-refractivity contribution in [1.29, 1.82) is 0 Å². The van der Waals surface area contributed by atoms with Crippen molar-refractivity contribution in [2.75, 3.05) is 17.7 Å². The maximum atomic E-state index is 13.6. The zero-order valence-corrected chi connectivity index (χ0v) is 13.7. The maximum absolute atomic E-state index is 13.6. The number of ether oxygens (including phenoxy) is 1. The van der Waals surface area contributed by atoms with Crippen LogP contribution in [0.5, 0.6) is 5.75 Å². The number of hydrogen-bond acceptors (Lipinski definition) is 5. The SMILES string of the molecule is COc1cccc(NC(=O)c2cnc(Nc3ccc(F)cc3F)cn2)c1. The molecule has 0 bridgehead atoms. The molecular formula is C18H14F2N4O2. The highest BCUT2D eigenvalue weighted by Crippen LogP contribution is 2.20. The van der Waals surface area contributed by atoms with Gasteiger partial charge >= 0.3 is 0 Å². The number of methoxy groups -OCH3 is 1. The first-order valence-electron chi connectivity index (χ1n) is 7.54. The summed E-state index contributed by atoms with van der Waals surface area (Å²) < 4.78 is 31.6. The zero-order chi connectivity index (χ0) is 18.5. The number of halogens is 2. The summed E-state index contributed by atoms with van der Waals surface area (Å²) in [6, 6.07) is 9.99. The molecule has 0 saturated heterocycles. The van der Waals surface area contributed by atoms with Crippen molar-refractivity contribution in [3.63, 3.8) is 0 Å². The van der Waals surface area contributed by atoms with E-state index in [4.69, 9.17) is 4.74 Å². The Labute approximate surface area is 147 Å². The molecule has 0 radical (unpaired) electrons. The van der Waals surface area contributed by atoms with E-state index < -0.39 is 17.5 Å². The molecule has 2 N–H and O–H groups in total. The highest BCUT2D eigenvalue weighted by Gasteiger charge is 2.10. The first-order chi connectivity index (χ1) is 12.5. The molecule has 0 unspecified atom stereocenters. The average molecular weight is 356 g/mol. The topological polar surface area (TPSA) is 76.1 Å². The molecule has 132 valence electrons. The van der Waals surface area contributed by atoms with Crippen LogP contribution in [0.1, 0.15) is 10.5 Å². The van der Waals surface area contributed by atoms with Gasteiger partial charge in [0.1, 0.15) is 28.9 Å². The van der Waals surface area contributed by atoms with Crippen molar-refractivity contribution in [3.8, 4) is 5.75 Å². The van der Waals surface area contributed by atoms with Crippen molar-refractivity contribution < 1.29 is 18.3 Å². The summed E-state index contributed by atoms with van der Waals surface area (Å²) in [5.74, 6) is -1.07. The van der Waals surface area contributed by atoms with Crippen molar-refractivity contribution >= 4 is 23.1 Å². The minimum absolute atomic E-state index is 0.0503. The van der Waals surface area contributed by atoms with Crippen LogP contribution in [-0.2, 0) is 0 Å². The molecule has 26 heavy (non-hydrogen) atoms. The molecule has 0 atom stereocenters. The van der Waals surface area contributed by atoms with E-state index in [1.807, 2.05) is 0 Å². The first kappa shape index (κ1) is 17.3. The smallest absolute Gasteiger partial charge is 0.275 e. The van der Waals surface area contributed by atoms with E-state index in [0.29, 0.717) is 11.4 Å². The summed E-state index contributed by atoms with van der Waals surface area (Å²) in [4.78, 5) is 20.2. The second kappa shape index (κ2) is 7.56. The van der Waals surface area contributed by atoms with Gasteiger partial charge < -0.3 is 15.4 Å². The van der Waals surface area contributed by atoms with Crippen LogP contribution in [-0.4, -0.2) is 23.0 Å². The lowest BCUT2D eigenvalue weighted by atomic mass is 10.3. The van der Waals surface area contributed by atoms with E-state index >= 15 is 0 Å².